The fraction of sp³-hybridized carbons (Fsp3) is 0.381. The summed E-state index contributed by atoms with van der Waals surface area (Å²) in [6.07, 6.45) is 2.36. The summed E-state index contributed by atoms with van der Waals surface area (Å²) in [6, 6.07) is 9.13. The minimum atomic E-state index is -1.02. The normalized spacial score (nSPS) is 16.5. The van der Waals surface area contributed by atoms with E-state index in [0.717, 1.165) is 15.3 Å². The Kier molecular flexibility index (Phi) is 4.81. The van der Waals surface area contributed by atoms with Crippen molar-refractivity contribution in [3.05, 3.63) is 62.3 Å². The van der Waals surface area contributed by atoms with Crippen molar-refractivity contribution >= 4 is 28.1 Å². The van der Waals surface area contributed by atoms with Crippen LogP contribution in [0.4, 0.5) is 0 Å². The van der Waals surface area contributed by atoms with Gasteiger partial charge in [-0.2, -0.15) is 0 Å². The molecule has 28 heavy (non-hydrogen) atoms. The molecule has 2 aromatic heterocycles. The standard InChI is InChI=1S/C21H23N3O3S/c1-14-11-18(28-15(14)2)20(26)23-9-7-21(27,8-10-23)12-24-13-22-17-6-4-3-5-16(17)19(24)25/h3-6,11,13,27H,7-10,12H2,1-2H3. The average Bonchev–Trinajstić information content (AvgIpc) is 3.03. The Balaban J connectivity index is 1.47. The number of benzene rings is 1. The SMILES string of the molecule is Cc1cc(C(=O)N2CCC(O)(Cn3cnc4ccccc4c3=O)CC2)sc1C. The van der Waals surface area contributed by atoms with E-state index in [4.69, 9.17) is 0 Å². The molecule has 4 rings (SSSR count). The smallest absolute Gasteiger partial charge is 0.263 e. The summed E-state index contributed by atoms with van der Waals surface area (Å²) in [5.74, 6) is 0.0211. The monoisotopic (exact) mass is 397 g/mol. The molecule has 7 heteroatoms. The third-order valence-corrected chi connectivity index (χ3v) is 6.69. The van der Waals surface area contributed by atoms with Crippen LogP contribution in [0.1, 0.15) is 33.0 Å². The molecule has 0 saturated carbocycles. The third kappa shape index (κ3) is 3.47. The van der Waals surface area contributed by atoms with Crippen LogP contribution in [0.3, 0.4) is 0 Å². The lowest BCUT2D eigenvalue weighted by atomic mass is 9.91. The number of piperidine rings is 1. The summed E-state index contributed by atoms with van der Waals surface area (Å²) >= 11 is 1.51. The summed E-state index contributed by atoms with van der Waals surface area (Å²) in [5, 5.41) is 11.6. The number of carbonyl (C=O) groups excluding carboxylic acids is 1. The number of aryl methyl sites for hydroxylation is 2. The van der Waals surface area contributed by atoms with Gasteiger partial charge in [0.15, 0.2) is 0 Å². The van der Waals surface area contributed by atoms with Crippen molar-refractivity contribution in [1.29, 1.82) is 0 Å². The van der Waals surface area contributed by atoms with Gasteiger partial charge in [-0.25, -0.2) is 4.98 Å². The molecule has 0 bridgehead atoms. The van der Waals surface area contributed by atoms with Gasteiger partial charge >= 0.3 is 0 Å². The zero-order chi connectivity index (χ0) is 19.9. The third-order valence-electron chi connectivity index (χ3n) is 5.55. The first-order valence-corrected chi connectivity index (χ1v) is 10.2. The van der Waals surface area contributed by atoms with Crippen molar-refractivity contribution < 1.29 is 9.90 Å². The van der Waals surface area contributed by atoms with Gasteiger partial charge in [-0.1, -0.05) is 12.1 Å². The fourth-order valence-corrected chi connectivity index (χ4v) is 4.66. The van der Waals surface area contributed by atoms with E-state index in [-0.39, 0.29) is 18.0 Å². The number of aliphatic hydroxyl groups is 1. The van der Waals surface area contributed by atoms with E-state index < -0.39 is 5.60 Å². The van der Waals surface area contributed by atoms with Gasteiger partial charge in [-0.05, 0) is 50.5 Å². The minimum absolute atomic E-state index is 0.0211. The lowest BCUT2D eigenvalue weighted by Gasteiger charge is -2.38. The Hall–Kier alpha value is -2.51. The summed E-state index contributed by atoms with van der Waals surface area (Å²) in [7, 11) is 0. The quantitative estimate of drug-likeness (QED) is 0.737. The Labute approximate surface area is 167 Å². The number of thiophene rings is 1. The maximum absolute atomic E-state index is 12.7. The van der Waals surface area contributed by atoms with E-state index in [2.05, 4.69) is 4.98 Å². The molecule has 0 aliphatic carbocycles. The zero-order valence-electron chi connectivity index (χ0n) is 16.0. The predicted octanol–water partition coefficient (Wildman–Crippen LogP) is 2.74. The Morgan fingerprint density at radius 2 is 1.96 bits per heavy atom. The first kappa shape index (κ1) is 18.8. The van der Waals surface area contributed by atoms with Crippen molar-refractivity contribution in [2.24, 2.45) is 0 Å². The summed E-state index contributed by atoms with van der Waals surface area (Å²) in [4.78, 5) is 33.4. The second-order valence-corrected chi connectivity index (χ2v) is 8.82. The number of hydrogen-bond donors (Lipinski definition) is 1. The van der Waals surface area contributed by atoms with Crippen LogP contribution in [-0.4, -0.2) is 44.2 Å². The highest BCUT2D eigenvalue weighted by atomic mass is 32.1. The highest BCUT2D eigenvalue weighted by Crippen LogP contribution is 2.27. The lowest BCUT2D eigenvalue weighted by Crippen LogP contribution is -2.49. The molecule has 3 aromatic rings. The minimum Gasteiger partial charge on any atom is -0.388 e. The van der Waals surface area contributed by atoms with E-state index in [1.807, 2.05) is 32.0 Å². The molecule has 3 heterocycles. The van der Waals surface area contributed by atoms with E-state index in [9.17, 15) is 14.7 Å². The Morgan fingerprint density at radius 1 is 1.25 bits per heavy atom. The molecule has 0 radical (unpaired) electrons. The number of aromatic nitrogens is 2. The van der Waals surface area contributed by atoms with Crippen molar-refractivity contribution in [3.63, 3.8) is 0 Å². The van der Waals surface area contributed by atoms with Crippen molar-refractivity contribution in [3.8, 4) is 0 Å². The molecule has 1 amide bonds. The molecule has 6 nitrogen and oxygen atoms in total. The van der Waals surface area contributed by atoms with Gasteiger partial charge in [0.1, 0.15) is 0 Å². The molecule has 1 aromatic carbocycles. The fourth-order valence-electron chi connectivity index (χ4n) is 3.65. The van der Waals surface area contributed by atoms with Crippen LogP contribution in [0.2, 0.25) is 0 Å². The molecule has 1 aliphatic heterocycles. The second-order valence-electron chi connectivity index (χ2n) is 7.56. The number of fused-ring (bicyclic) bond motifs is 1. The van der Waals surface area contributed by atoms with Crippen LogP contribution < -0.4 is 5.56 Å². The Bertz CT molecular complexity index is 1070. The molecule has 1 N–H and O–H groups in total. The Morgan fingerprint density at radius 3 is 2.64 bits per heavy atom. The van der Waals surface area contributed by atoms with Crippen molar-refractivity contribution in [1.82, 2.24) is 14.5 Å². The van der Waals surface area contributed by atoms with Gasteiger partial charge < -0.3 is 10.0 Å². The van der Waals surface area contributed by atoms with E-state index in [1.54, 1.807) is 17.0 Å². The number of para-hydroxylation sites is 1. The number of nitrogens with zero attached hydrogens (tertiary/aromatic N) is 3. The molecular formula is C21H23N3O3S. The van der Waals surface area contributed by atoms with Crippen molar-refractivity contribution in [2.75, 3.05) is 13.1 Å². The molecule has 1 saturated heterocycles. The molecular weight excluding hydrogens is 374 g/mol. The second kappa shape index (κ2) is 7.14. The number of rotatable bonds is 3. The lowest BCUT2D eigenvalue weighted by molar-refractivity contribution is -0.0298. The first-order chi connectivity index (χ1) is 13.4. The zero-order valence-corrected chi connectivity index (χ0v) is 16.8. The van der Waals surface area contributed by atoms with Gasteiger partial charge in [-0.15, -0.1) is 11.3 Å². The van der Waals surface area contributed by atoms with Crippen LogP contribution in [0, 0.1) is 13.8 Å². The maximum Gasteiger partial charge on any atom is 0.263 e. The average molecular weight is 398 g/mol. The largest absolute Gasteiger partial charge is 0.388 e. The van der Waals surface area contributed by atoms with Gasteiger partial charge in [0, 0.05) is 18.0 Å². The van der Waals surface area contributed by atoms with Crippen LogP contribution in [0.15, 0.2) is 41.5 Å². The van der Waals surface area contributed by atoms with Crippen LogP contribution in [-0.2, 0) is 6.54 Å². The topological polar surface area (TPSA) is 75.4 Å². The van der Waals surface area contributed by atoms with Gasteiger partial charge in [0.2, 0.25) is 0 Å². The molecule has 0 unspecified atom stereocenters. The summed E-state index contributed by atoms with van der Waals surface area (Å²) in [6.45, 7) is 5.15. The molecule has 0 spiro atoms. The van der Waals surface area contributed by atoms with E-state index in [1.165, 1.54) is 22.2 Å². The number of hydrogen-bond acceptors (Lipinski definition) is 5. The number of likely N-dealkylation sites (tertiary alicyclic amines) is 1. The van der Waals surface area contributed by atoms with Crippen LogP contribution in [0.25, 0.3) is 10.9 Å². The summed E-state index contributed by atoms with van der Waals surface area (Å²) in [5.41, 5.74) is 0.608. The summed E-state index contributed by atoms with van der Waals surface area (Å²) < 4.78 is 1.48. The highest BCUT2D eigenvalue weighted by molar-refractivity contribution is 7.14. The van der Waals surface area contributed by atoms with E-state index >= 15 is 0 Å². The van der Waals surface area contributed by atoms with Gasteiger partial charge in [0.25, 0.3) is 11.5 Å². The molecule has 1 aliphatic rings. The van der Waals surface area contributed by atoms with Crippen LogP contribution in [0.5, 0.6) is 0 Å². The van der Waals surface area contributed by atoms with Gasteiger partial charge in [-0.3, -0.25) is 14.2 Å². The maximum atomic E-state index is 12.7. The number of carbonyl (C=O) groups is 1. The molecule has 1 fully saturated rings. The van der Waals surface area contributed by atoms with Crippen molar-refractivity contribution in [2.45, 2.75) is 38.8 Å². The van der Waals surface area contributed by atoms with Crippen LogP contribution >= 0.6 is 11.3 Å². The molecule has 0 atom stereocenters. The highest BCUT2D eigenvalue weighted by Gasteiger charge is 2.35. The predicted molar refractivity (Wildman–Crippen MR) is 110 cm³/mol. The number of amides is 1. The first-order valence-electron chi connectivity index (χ1n) is 9.39. The molecule has 146 valence electrons. The van der Waals surface area contributed by atoms with E-state index in [0.29, 0.717) is 36.8 Å². The van der Waals surface area contributed by atoms with Gasteiger partial charge in [0.05, 0.1) is 34.3 Å².